The maximum atomic E-state index is 11.2. The van der Waals surface area contributed by atoms with Crippen LogP contribution in [0.5, 0.6) is 0 Å². The predicted octanol–water partition coefficient (Wildman–Crippen LogP) is 1.49. The lowest BCUT2D eigenvalue weighted by Gasteiger charge is -2.19. The lowest BCUT2D eigenvalue weighted by Crippen LogP contribution is -2.36. The number of amides is 1. The van der Waals surface area contributed by atoms with Crippen molar-refractivity contribution in [2.45, 2.75) is 34.1 Å². The number of nitrogens with zero attached hydrogens (tertiary/aromatic N) is 1. The summed E-state index contributed by atoms with van der Waals surface area (Å²) in [4.78, 5) is 13.6. The maximum absolute atomic E-state index is 11.2. The monoisotopic (exact) mass is 200 g/mol. The number of carbonyl (C=O) groups excluding carboxylic acids is 1. The SMILES string of the molecule is CCCN(CC)CCNC(=O)C(C)C. The molecule has 0 bridgehead atoms. The molecule has 0 aromatic carbocycles. The highest BCUT2D eigenvalue weighted by atomic mass is 16.1. The standard InChI is InChI=1S/C11H24N2O/c1-5-8-13(6-2)9-7-12-11(14)10(3)4/h10H,5-9H2,1-4H3,(H,12,14). The summed E-state index contributed by atoms with van der Waals surface area (Å²) in [6.07, 6.45) is 1.17. The summed E-state index contributed by atoms with van der Waals surface area (Å²) in [5.41, 5.74) is 0. The van der Waals surface area contributed by atoms with Crippen LogP contribution >= 0.6 is 0 Å². The van der Waals surface area contributed by atoms with E-state index in [0.29, 0.717) is 0 Å². The van der Waals surface area contributed by atoms with Gasteiger partial charge in [0.15, 0.2) is 0 Å². The van der Waals surface area contributed by atoms with Gasteiger partial charge in [0, 0.05) is 19.0 Å². The zero-order valence-corrected chi connectivity index (χ0v) is 9.97. The third-order valence-corrected chi connectivity index (χ3v) is 2.24. The maximum Gasteiger partial charge on any atom is 0.222 e. The molecule has 0 radical (unpaired) electrons. The lowest BCUT2D eigenvalue weighted by molar-refractivity contribution is -0.124. The minimum atomic E-state index is 0.0938. The lowest BCUT2D eigenvalue weighted by atomic mass is 10.2. The molecule has 3 heteroatoms. The van der Waals surface area contributed by atoms with Crippen LogP contribution in [0.15, 0.2) is 0 Å². The molecule has 3 nitrogen and oxygen atoms in total. The first-order chi connectivity index (χ1) is 6.61. The van der Waals surface area contributed by atoms with Gasteiger partial charge in [0.2, 0.25) is 5.91 Å². The van der Waals surface area contributed by atoms with Crippen molar-refractivity contribution >= 4 is 5.91 Å². The number of hydrogen-bond acceptors (Lipinski definition) is 2. The van der Waals surface area contributed by atoms with Crippen LogP contribution in [-0.2, 0) is 4.79 Å². The van der Waals surface area contributed by atoms with Gasteiger partial charge in [0.05, 0.1) is 0 Å². The van der Waals surface area contributed by atoms with Crippen LogP contribution in [0, 0.1) is 5.92 Å². The van der Waals surface area contributed by atoms with Crippen LogP contribution in [-0.4, -0.2) is 37.0 Å². The molecular weight excluding hydrogens is 176 g/mol. The average molecular weight is 200 g/mol. The van der Waals surface area contributed by atoms with Crippen LogP contribution in [0.2, 0.25) is 0 Å². The van der Waals surface area contributed by atoms with Crippen molar-refractivity contribution in [1.82, 2.24) is 10.2 Å². The summed E-state index contributed by atoms with van der Waals surface area (Å²) in [7, 11) is 0. The van der Waals surface area contributed by atoms with E-state index in [4.69, 9.17) is 0 Å². The van der Waals surface area contributed by atoms with Gasteiger partial charge in [-0.25, -0.2) is 0 Å². The van der Waals surface area contributed by atoms with Gasteiger partial charge in [-0.15, -0.1) is 0 Å². The van der Waals surface area contributed by atoms with E-state index in [1.54, 1.807) is 0 Å². The van der Waals surface area contributed by atoms with Crippen molar-refractivity contribution in [2.24, 2.45) is 5.92 Å². The van der Waals surface area contributed by atoms with Crippen LogP contribution in [0.25, 0.3) is 0 Å². The van der Waals surface area contributed by atoms with E-state index in [2.05, 4.69) is 24.1 Å². The first-order valence-corrected chi connectivity index (χ1v) is 5.61. The fourth-order valence-electron chi connectivity index (χ4n) is 1.29. The Bertz CT molecular complexity index is 157. The van der Waals surface area contributed by atoms with Crippen molar-refractivity contribution in [1.29, 1.82) is 0 Å². The fourth-order valence-corrected chi connectivity index (χ4v) is 1.29. The molecular formula is C11H24N2O. The summed E-state index contributed by atoms with van der Waals surface area (Å²) >= 11 is 0. The molecule has 0 aliphatic heterocycles. The second-order valence-corrected chi connectivity index (χ2v) is 3.88. The smallest absolute Gasteiger partial charge is 0.222 e. The topological polar surface area (TPSA) is 32.3 Å². The van der Waals surface area contributed by atoms with E-state index in [0.717, 1.165) is 26.2 Å². The third-order valence-electron chi connectivity index (χ3n) is 2.24. The number of likely N-dealkylation sites (N-methyl/N-ethyl adjacent to an activating group) is 1. The molecule has 0 saturated heterocycles. The van der Waals surface area contributed by atoms with Gasteiger partial charge in [-0.3, -0.25) is 4.79 Å². The zero-order valence-electron chi connectivity index (χ0n) is 9.97. The fraction of sp³-hybridized carbons (Fsp3) is 0.909. The van der Waals surface area contributed by atoms with Gasteiger partial charge in [-0.1, -0.05) is 27.7 Å². The van der Waals surface area contributed by atoms with Crippen LogP contribution in [0.4, 0.5) is 0 Å². The summed E-state index contributed by atoms with van der Waals surface area (Å²) < 4.78 is 0. The van der Waals surface area contributed by atoms with Gasteiger partial charge >= 0.3 is 0 Å². The van der Waals surface area contributed by atoms with Crippen molar-refractivity contribution < 1.29 is 4.79 Å². The first-order valence-electron chi connectivity index (χ1n) is 5.61. The molecule has 0 saturated carbocycles. The van der Waals surface area contributed by atoms with Crippen molar-refractivity contribution in [3.8, 4) is 0 Å². The molecule has 0 aliphatic rings. The van der Waals surface area contributed by atoms with Crippen molar-refractivity contribution in [3.05, 3.63) is 0 Å². The summed E-state index contributed by atoms with van der Waals surface area (Å²) in [5, 5.41) is 2.92. The highest BCUT2D eigenvalue weighted by Gasteiger charge is 2.06. The number of hydrogen-bond donors (Lipinski definition) is 1. The number of carbonyl (C=O) groups is 1. The molecule has 0 aromatic heterocycles. The Hall–Kier alpha value is -0.570. The second kappa shape index (κ2) is 7.80. The average Bonchev–Trinajstić information content (AvgIpc) is 2.16. The summed E-state index contributed by atoms with van der Waals surface area (Å²) in [5.74, 6) is 0.244. The Morgan fingerprint density at radius 2 is 1.93 bits per heavy atom. The predicted molar refractivity (Wildman–Crippen MR) is 60.3 cm³/mol. The Labute approximate surface area is 87.9 Å². The van der Waals surface area contributed by atoms with Crippen molar-refractivity contribution in [2.75, 3.05) is 26.2 Å². The molecule has 0 spiro atoms. The van der Waals surface area contributed by atoms with E-state index in [1.165, 1.54) is 6.42 Å². The quantitative estimate of drug-likeness (QED) is 0.675. The van der Waals surface area contributed by atoms with Crippen molar-refractivity contribution in [3.63, 3.8) is 0 Å². The minimum Gasteiger partial charge on any atom is -0.355 e. The Morgan fingerprint density at radius 1 is 1.29 bits per heavy atom. The van der Waals surface area contributed by atoms with Crippen LogP contribution in [0.3, 0.4) is 0 Å². The molecule has 1 N–H and O–H groups in total. The highest BCUT2D eigenvalue weighted by molar-refractivity contribution is 5.77. The van der Waals surface area contributed by atoms with E-state index in [-0.39, 0.29) is 11.8 Å². The Kier molecular flexibility index (Phi) is 7.48. The second-order valence-electron chi connectivity index (χ2n) is 3.88. The minimum absolute atomic E-state index is 0.0938. The Balaban J connectivity index is 3.55. The Morgan fingerprint density at radius 3 is 2.36 bits per heavy atom. The zero-order chi connectivity index (χ0) is 11.0. The van der Waals surface area contributed by atoms with Gasteiger partial charge in [-0.2, -0.15) is 0 Å². The van der Waals surface area contributed by atoms with Crippen LogP contribution < -0.4 is 5.32 Å². The molecule has 84 valence electrons. The molecule has 0 heterocycles. The van der Waals surface area contributed by atoms with Gasteiger partial charge < -0.3 is 10.2 Å². The molecule has 0 atom stereocenters. The van der Waals surface area contributed by atoms with Crippen LogP contribution in [0.1, 0.15) is 34.1 Å². The largest absolute Gasteiger partial charge is 0.355 e. The molecule has 0 rings (SSSR count). The van der Waals surface area contributed by atoms with Gasteiger partial charge in [0.25, 0.3) is 0 Å². The molecule has 14 heavy (non-hydrogen) atoms. The molecule has 0 aliphatic carbocycles. The first kappa shape index (κ1) is 13.4. The number of rotatable bonds is 7. The molecule has 1 amide bonds. The molecule has 0 unspecified atom stereocenters. The van der Waals surface area contributed by atoms with E-state index < -0.39 is 0 Å². The normalized spacial score (nSPS) is 11.0. The highest BCUT2D eigenvalue weighted by Crippen LogP contribution is 1.92. The molecule has 0 fully saturated rings. The van der Waals surface area contributed by atoms with Gasteiger partial charge in [-0.05, 0) is 19.5 Å². The van der Waals surface area contributed by atoms with E-state index in [9.17, 15) is 4.79 Å². The van der Waals surface area contributed by atoms with Gasteiger partial charge in [0.1, 0.15) is 0 Å². The summed E-state index contributed by atoms with van der Waals surface area (Å²) in [6, 6.07) is 0. The third kappa shape index (κ3) is 5.97. The summed E-state index contributed by atoms with van der Waals surface area (Å²) in [6.45, 7) is 12.1. The molecule has 0 aromatic rings. The number of nitrogens with one attached hydrogen (secondary N) is 1. The van der Waals surface area contributed by atoms with E-state index >= 15 is 0 Å². The van der Waals surface area contributed by atoms with E-state index in [1.807, 2.05) is 13.8 Å².